The molecule has 17 heavy (non-hydrogen) atoms. The van der Waals surface area contributed by atoms with Gasteiger partial charge in [-0.1, -0.05) is 0 Å². The zero-order chi connectivity index (χ0) is 12.3. The number of hydrogen-bond donors (Lipinski definition) is 1. The van der Waals surface area contributed by atoms with Crippen molar-refractivity contribution in [2.45, 2.75) is 12.8 Å². The van der Waals surface area contributed by atoms with Crippen molar-refractivity contribution in [1.29, 1.82) is 0 Å². The third kappa shape index (κ3) is 3.04. The largest absolute Gasteiger partial charge is 0.396 e. The first-order chi connectivity index (χ1) is 8.20. The molecule has 2 rings (SSSR count). The molecule has 0 aliphatic carbocycles. The van der Waals surface area contributed by atoms with Gasteiger partial charge < -0.3 is 10.0 Å². The molecule has 1 aromatic rings. The lowest BCUT2D eigenvalue weighted by Gasteiger charge is -2.16. The summed E-state index contributed by atoms with van der Waals surface area (Å²) in [6.07, 6.45) is 5.01. The summed E-state index contributed by atoms with van der Waals surface area (Å²) in [5, 5.41) is 8.89. The van der Waals surface area contributed by atoms with Crippen LogP contribution in [0.15, 0.2) is 22.9 Å². The van der Waals surface area contributed by atoms with E-state index in [0.29, 0.717) is 11.5 Å². The second-order valence-electron chi connectivity index (χ2n) is 4.31. The van der Waals surface area contributed by atoms with E-state index in [9.17, 15) is 4.79 Å². The van der Waals surface area contributed by atoms with Gasteiger partial charge in [-0.05, 0) is 40.8 Å². The van der Waals surface area contributed by atoms with Crippen LogP contribution in [-0.4, -0.2) is 40.6 Å². The maximum absolute atomic E-state index is 12.2. The average Bonchev–Trinajstić information content (AvgIpc) is 2.77. The van der Waals surface area contributed by atoms with Crippen molar-refractivity contribution >= 4 is 21.8 Å². The summed E-state index contributed by atoms with van der Waals surface area (Å²) < 4.78 is 0.814. The van der Waals surface area contributed by atoms with Crippen molar-refractivity contribution in [3.8, 4) is 0 Å². The lowest BCUT2D eigenvalue weighted by Crippen LogP contribution is -2.28. The van der Waals surface area contributed by atoms with E-state index in [4.69, 9.17) is 5.11 Å². The molecule has 0 saturated carbocycles. The smallest absolute Gasteiger partial charge is 0.255 e. The lowest BCUT2D eigenvalue weighted by molar-refractivity contribution is 0.0784. The van der Waals surface area contributed by atoms with E-state index in [1.165, 1.54) is 0 Å². The van der Waals surface area contributed by atoms with Crippen molar-refractivity contribution in [1.82, 2.24) is 9.88 Å². The minimum atomic E-state index is 0.0271. The molecular formula is C12H15BrN2O2. The predicted octanol–water partition coefficient (Wildman–Crippen LogP) is 1.69. The van der Waals surface area contributed by atoms with Crippen LogP contribution in [-0.2, 0) is 0 Å². The number of aliphatic hydroxyl groups is 1. The van der Waals surface area contributed by atoms with E-state index in [2.05, 4.69) is 20.9 Å². The van der Waals surface area contributed by atoms with E-state index in [1.807, 2.05) is 4.90 Å². The van der Waals surface area contributed by atoms with Crippen LogP contribution in [0, 0.1) is 5.92 Å². The van der Waals surface area contributed by atoms with Crippen molar-refractivity contribution in [2.24, 2.45) is 5.92 Å². The number of aliphatic hydroxyl groups excluding tert-OH is 1. The van der Waals surface area contributed by atoms with Gasteiger partial charge in [-0.25, -0.2) is 0 Å². The van der Waals surface area contributed by atoms with Gasteiger partial charge in [0.05, 0.1) is 5.56 Å². The first-order valence-corrected chi connectivity index (χ1v) is 6.50. The van der Waals surface area contributed by atoms with Crippen molar-refractivity contribution < 1.29 is 9.90 Å². The van der Waals surface area contributed by atoms with E-state index in [0.717, 1.165) is 30.4 Å². The SMILES string of the molecule is O=C(c1cncc(Br)c1)N1CCC(CCO)C1. The molecule has 92 valence electrons. The van der Waals surface area contributed by atoms with Crippen molar-refractivity contribution in [2.75, 3.05) is 19.7 Å². The summed E-state index contributed by atoms with van der Waals surface area (Å²) in [4.78, 5) is 18.0. The minimum Gasteiger partial charge on any atom is -0.396 e. The number of carbonyl (C=O) groups excluding carboxylic acids is 1. The van der Waals surface area contributed by atoms with Crippen LogP contribution < -0.4 is 0 Å². The molecule has 1 aromatic heterocycles. The summed E-state index contributed by atoms with van der Waals surface area (Å²) in [6.45, 7) is 1.72. The Balaban J connectivity index is 2.02. The lowest BCUT2D eigenvalue weighted by atomic mass is 10.1. The Bertz CT molecular complexity index is 411. The molecule has 1 aliphatic heterocycles. The average molecular weight is 299 g/mol. The van der Waals surface area contributed by atoms with Crippen LogP contribution in [0.2, 0.25) is 0 Å². The number of aromatic nitrogens is 1. The highest BCUT2D eigenvalue weighted by Gasteiger charge is 2.26. The molecule has 4 nitrogen and oxygen atoms in total. The molecule has 0 bridgehead atoms. The highest BCUT2D eigenvalue weighted by atomic mass is 79.9. The van der Waals surface area contributed by atoms with Gasteiger partial charge in [-0.2, -0.15) is 0 Å². The number of likely N-dealkylation sites (tertiary alicyclic amines) is 1. The number of hydrogen-bond acceptors (Lipinski definition) is 3. The molecule has 0 aromatic carbocycles. The molecule has 1 unspecified atom stereocenters. The number of pyridine rings is 1. The number of halogens is 1. The molecule has 0 spiro atoms. The van der Waals surface area contributed by atoms with Gasteiger partial charge in [-0.3, -0.25) is 9.78 Å². The summed E-state index contributed by atoms with van der Waals surface area (Å²) >= 11 is 3.31. The fourth-order valence-corrected chi connectivity index (χ4v) is 2.51. The van der Waals surface area contributed by atoms with Gasteiger partial charge in [-0.15, -0.1) is 0 Å². The topological polar surface area (TPSA) is 53.4 Å². The van der Waals surface area contributed by atoms with Gasteiger partial charge >= 0.3 is 0 Å². The third-order valence-electron chi connectivity index (χ3n) is 3.06. The van der Waals surface area contributed by atoms with Gasteiger partial charge in [0.1, 0.15) is 0 Å². The van der Waals surface area contributed by atoms with Gasteiger partial charge in [0.15, 0.2) is 0 Å². The number of carbonyl (C=O) groups is 1. The summed E-state index contributed by atoms with van der Waals surface area (Å²) in [6, 6.07) is 1.79. The first-order valence-electron chi connectivity index (χ1n) is 5.71. The Hall–Kier alpha value is -0.940. The zero-order valence-corrected chi connectivity index (χ0v) is 11.1. The standard InChI is InChI=1S/C12H15BrN2O2/c13-11-5-10(6-14-7-11)12(17)15-3-1-9(8-15)2-4-16/h5-7,9,16H,1-4,8H2. The van der Waals surface area contributed by atoms with Gasteiger partial charge in [0, 0.05) is 36.6 Å². The fourth-order valence-electron chi connectivity index (χ4n) is 2.15. The van der Waals surface area contributed by atoms with Crippen molar-refractivity contribution in [3.05, 3.63) is 28.5 Å². The van der Waals surface area contributed by atoms with Crippen LogP contribution >= 0.6 is 15.9 Å². The van der Waals surface area contributed by atoms with E-state index in [-0.39, 0.29) is 12.5 Å². The summed E-state index contributed by atoms with van der Waals surface area (Å²) in [7, 11) is 0. The molecule has 1 saturated heterocycles. The zero-order valence-electron chi connectivity index (χ0n) is 9.47. The molecule has 1 aliphatic rings. The maximum atomic E-state index is 12.2. The second kappa shape index (κ2) is 5.60. The maximum Gasteiger partial charge on any atom is 0.255 e. The van der Waals surface area contributed by atoms with Crippen LogP contribution in [0.4, 0.5) is 0 Å². The van der Waals surface area contributed by atoms with Crippen LogP contribution in [0.3, 0.4) is 0 Å². The number of amides is 1. The highest BCUT2D eigenvalue weighted by molar-refractivity contribution is 9.10. The van der Waals surface area contributed by atoms with Crippen molar-refractivity contribution in [3.63, 3.8) is 0 Å². The monoisotopic (exact) mass is 298 g/mol. The molecule has 1 atom stereocenters. The molecule has 2 heterocycles. The Kier molecular flexibility index (Phi) is 4.12. The van der Waals surface area contributed by atoms with Crippen LogP contribution in [0.25, 0.3) is 0 Å². The van der Waals surface area contributed by atoms with Crippen LogP contribution in [0.5, 0.6) is 0 Å². The van der Waals surface area contributed by atoms with Gasteiger partial charge in [0.2, 0.25) is 0 Å². The number of nitrogens with zero attached hydrogens (tertiary/aromatic N) is 2. The van der Waals surface area contributed by atoms with Crippen LogP contribution in [0.1, 0.15) is 23.2 Å². The Labute approximate surface area is 109 Å². The normalized spacial score (nSPS) is 19.6. The Morgan fingerprint density at radius 1 is 1.59 bits per heavy atom. The third-order valence-corrected chi connectivity index (χ3v) is 3.50. The second-order valence-corrected chi connectivity index (χ2v) is 5.23. The first kappa shape index (κ1) is 12.5. The summed E-state index contributed by atoms with van der Waals surface area (Å²) in [5.41, 5.74) is 0.615. The Morgan fingerprint density at radius 2 is 2.41 bits per heavy atom. The highest BCUT2D eigenvalue weighted by Crippen LogP contribution is 2.21. The minimum absolute atomic E-state index is 0.0271. The predicted molar refractivity (Wildman–Crippen MR) is 67.7 cm³/mol. The molecule has 1 N–H and O–H groups in total. The van der Waals surface area contributed by atoms with Gasteiger partial charge in [0.25, 0.3) is 5.91 Å². The summed E-state index contributed by atoms with van der Waals surface area (Å²) in [5.74, 6) is 0.461. The van der Waals surface area contributed by atoms with E-state index in [1.54, 1.807) is 18.5 Å². The molecule has 1 fully saturated rings. The van der Waals surface area contributed by atoms with E-state index < -0.39 is 0 Å². The molecule has 0 radical (unpaired) electrons. The quantitative estimate of drug-likeness (QED) is 0.924. The Morgan fingerprint density at radius 3 is 3.12 bits per heavy atom. The van der Waals surface area contributed by atoms with E-state index >= 15 is 0 Å². The number of rotatable bonds is 3. The molecular weight excluding hydrogens is 284 g/mol. The molecule has 1 amide bonds. The fraction of sp³-hybridized carbons (Fsp3) is 0.500. The molecule has 5 heteroatoms.